The van der Waals surface area contributed by atoms with Crippen LogP contribution in [0.25, 0.3) is 6.08 Å². The highest BCUT2D eigenvalue weighted by Crippen LogP contribution is 2.24. The van der Waals surface area contributed by atoms with Crippen LogP contribution in [0, 0.1) is 11.8 Å². The van der Waals surface area contributed by atoms with Gasteiger partial charge in [-0.25, -0.2) is 0 Å². The summed E-state index contributed by atoms with van der Waals surface area (Å²) in [4.78, 5) is 14.3. The van der Waals surface area contributed by atoms with Crippen LogP contribution in [0.1, 0.15) is 12.0 Å². The number of piperidine rings is 2. The molecule has 1 amide bonds. The number of hydrogen-bond donors (Lipinski definition) is 1. The lowest BCUT2D eigenvalue weighted by Crippen LogP contribution is -2.52. The van der Waals surface area contributed by atoms with Crippen molar-refractivity contribution >= 4 is 23.6 Å². The van der Waals surface area contributed by atoms with Crippen molar-refractivity contribution in [3.05, 3.63) is 40.9 Å². The van der Waals surface area contributed by atoms with Gasteiger partial charge in [0.05, 0.1) is 0 Å². The smallest absolute Gasteiger partial charge is 0.246 e. The van der Waals surface area contributed by atoms with Crippen LogP contribution < -0.4 is 5.32 Å². The van der Waals surface area contributed by atoms with Crippen LogP contribution in [0.2, 0.25) is 5.02 Å². The summed E-state index contributed by atoms with van der Waals surface area (Å²) in [5, 5.41) is 4.13. The van der Waals surface area contributed by atoms with Gasteiger partial charge in [-0.15, -0.1) is 0 Å². The summed E-state index contributed by atoms with van der Waals surface area (Å²) in [6.45, 7) is 3.83. The van der Waals surface area contributed by atoms with Gasteiger partial charge in [0.2, 0.25) is 5.91 Å². The van der Waals surface area contributed by atoms with Crippen molar-refractivity contribution < 1.29 is 4.79 Å². The Balaban J connectivity index is 1.64. The van der Waals surface area contributed by atoms with Gasteiger partial charge in [0.15, 0.2) is 0 Å². The van der Waals surface area contributed by atoms with Gasteiger partial charge in [0.1, 0.15) is 0 Å². The van der Waals surface area contributed by atoms with Crippen LogP contribution in [0.5, 0.6) is 0 Å². The Morgan fingerprint density at radius 3 is 2.75 bits per heavy atom. The van der Waals surface area contributed by atoms with E-state index in [-0.39, 0.29) is 5.91 Å². The SMILES string of the molecule is O=C(/C=C/c1cccc(Cl)c1)N1C[C@@H]2CNC[C@@H](C2)C1. The molecule has 0 saturated carbocycles. The van der Waals surface area contributed by atoms with E-state index in [1.54, 1.807) is 6.08 Å². The van der Waals surface area contributed by atoms with Crippen molar-refractivity contribution in [2.24, 2.45) is 11.8 Å². The molecule has 2 aliphatic heterocycles. The summed E-state index contributed by atoms with van der Waals surface area (Å²) in [6, 6.07) is 7.54. The molecule has 0 unspecified atom stereocenters. The van der Waals surface area contributed by atoms with E-state index in [2.05, 4.69) is 5.32 Å². The largest absolute Gasteiger partial charge is 0.339 e. The van der Waals surface area contributed by atoms with Crippen LogP contribution in [0.15, 0.2) is 30.3 Å². The maximum absolute atomic E-state index is 12.3. The molecule has 106 valence electrons. The summed E-state index contributed by atoms with van der Waals surface area (Å²) in [6.07, 6.45) is 4.77. The highest BCUT2D eigenvalue weighted by Gasteiger charge is 2.31. The molecule has 1 N–H and O–H groups in total. The van der Waals surface area contributed by atoms with Crippen molar-refractivity contribution in [1.82, 2.24) is 10.2 Å². The minimum absolute atomic E-state index is 0.113. The fourth-order valence-corrected chi connectivity index (χ4v) is 3.37. The molecular formula is C16H19ClN2O. The quantitative estimate of drug-likeness (QED) is 0.849. The number of benzene rings is 1. The molecule has 2 aliphatic rings. The number of carbonyl (C=O) groups excluding carboxylic acids is 1. The van der Waals surface area contributed by atoms with Crippen LogP contribution in [-0.4, -0.2) is 37.0 Å². The maximum atomic E-state index is 12.3. The first kappa shape index (κ1) is 13.7. The van der Waals surface area contributed by atoms with Crippen molar-refractivity contribution in [2.75, 3.05) is 26.2 Å². The molecule has 2 bridgehead atoms. The Hall–Kier alpha value is -1.32. The molecule has 2 saturated heterocycles. The molecule has 0 aliphatic carbocycles. The zero-order valence-electron chi connectivity index (χ0n) is 11.4. The molecule has 0 radical (unpaired) electrons. The number of carbonyl (C=O) groups is 1. The van der Waals surface area contributed by atoms with Crippen LogP contribution >= 0.6 is 11.6 Å². The Morgan fingerprint density at radius 1 is 1.30 bits per heavy atom. The summed E-state index contributed by atoms with van der Waals surface area (Å²) in [5.74, 6) is 1.35. The van der Waals surface area contributed by atoms with E-state index in [1.165, 1.54) is 6.42 Å². The lowest BCUT2D eigenvalue weighted by Gasteiger charge is -2.41. The second kappa shape index (κ2) is 5.98. The molecule has 3 nitrogen and oxygen atoms in total. The van der Waals surface area contributed by atoms with Gasteiger partial charge in [0, 0.05) is 24.2 Å². The number of amides is 1. The topological polar surface area (TPSA) is 32.3 Å². The van der Waals surface area contributed by atoms with Gasteiger partial charge >= 0.3 is 0 Å². The molecule has 1 aromatic rings. The number of hydrogen-bond acceptors (Lipinski definition) is 2. The maximum Gasteiger partial charge on any atom is 0.246 e. The van der Waals surface area contributed by atoms with Gasteiger partial charge < -0.3 is 10.2 Å². The molecule has 2 heterocycles. The second-order valence-corrected chi connectivity index (χ2v) is 6.19. The van der Waals surface area contributed by atoms with Crippen molar-refractivity contribution in [2.45, 2.75) is 6.42 Å². The molecule has 0 aromatic heterocycles. The first-order valence-corrected chi connectivity index (χ1v) is 7.52. The third kappa shape index (κ3) is 3.22. The van der Waals surface area contributed by atoms with E-state index in [9.17, 15) is 4.79 Å². The van der Waals surface area contributed by atoms with Gasteiger partial charge in [-0.2, -0.15) is 0 Å². The van der Waals surface area contributed by atoms with E-state index < -0.39 is 0 Å². The highest BCUT2D eigenvalue weighted by atomic mass is 35.5. The number of nitrogens with one attached hydrogen (secondary N) is 1. The number of likely N-dealkylation sites (tertiary alicyclic amines) is 1. The fraction of sp³-hybridized carbons (Fsp3) is 0.438. The highest BCUT2D eigenvalue weighted by molar-refractivity contribution is 6.30. The van der Waals surface area contributed by atoms with Gasteiger partial charge in [-0.3, -0.25) is 4.79 Å². The monoisotopic (exact) mass is 290 g/mol. The Kier molecular flexibility index (Phi) is 4.08. The molecule has 0 spiro atoms. The number of fused-ring (bicyclic) bond motifs is 2. The third-order valence-corrected chi connectivity index (χ3v) is 4.30. The van der Waals surface area contributed by atoms with Crippen LogP contribution in [-0.2, 0) is 4.79 Å². The fourth-order valence-electron chi connectivity index (χ4n) is 3.17. The van der Waals surface area contributed by atoms with E-state index in [1.807, 2.05) is 35.2 Å². The zero-order chi connectivity index (χ0) is 13.9. The molecular weight excluding hydrogens is 272 g/mol. The molecule has 2 fully saturated rings. The summed E-state index contributed by atoms with van der Waals surface area (Å²) in [7, 11) is 0. The Morgan fingerprint density at radius 2 is 2.05 bits per heavy atom. The van der Waals surface area contributed by atoms with E-state index >= 15 is 0 Å². The average molecular weight is 291 g/mol. The van der Waals surface area contributed by atoms with E-state index in [0.29, 0.717) is 16.9 Å². The van der Waals surface area contributed by atoms with Crippen LogP contribution in [0.3, 0.4) is 0 Å². The first-order chi connectivity index (χ1) is 9.70. The van der Waals surface area contributed by atoms with Crippen molar-refractivity contribution in [3.63, 3.8) is 0 Å². The first-order valence-electron chi connectivity index (χ1n) is 7.14. The zero-order valence-corrected chi connectivity index (χ0v) is 12.1. The summed E-state index contributed by atoms with van der Waals surface area (Å²) in [5.41, 5.74) is 0.963. The van der Waals surface area contributed by atoms with Gasteiger partial charge in [-0.05, 0) is 55.1 Å². The minimum Gasteiger partial charge on any atom is -0.339 e. The average Bonchev–Trinajstić information content (AvgIpc) is 2.44. The normalized spacial score (nSPS) is 25.9. The van der Waals surface area contributed by atoms with Gasteiger partial charge in [-0.1, -0.05) is 23.7 Å². The Labute approximate surface area is 124 Å². The molecule has 3 rings (SSSR count). The summed E-state index contributed by atoms with van der Waals surface area (Å²) >= 11 is 5.94. The Bertz CT molecular complexity index is 517. The van der Waals surface area contributed by atoms with E-state index in [4.69, 9.17) is 11.6 Å². The van der Waals surface area contributed by atoms with Crippen molar-refractivity contribution in [3.8, 4) is 0 Å². The summed E-state index contributed by atoms with van der Waals surface area (Å²) < 4.78 is 0. The van der Waals surface area contributed by atoms with Crippen molar-refractivity contribution in [1.29, 1.82) is 0 Å². The number of nitrogens with zero attached hydrogens (tertiary/aromatic N) is 1. The predicted molar refractivity (Wildman–Crippen MR) is 81.5 cm³/mol. The molecule has 1 aromatic carbocycles. The third-order valence-electron chi connectivity index (χ3n) is 4.07. The number of halogens is 1. The molecule has 2 atom stereocenters. The van der Waals surface area contributed by atoms with E-state index in [0.717, 1.165) is 31.7 Å². The lowest BCUT2D eigenvalue weighted by atomic mass is 9.86. The van der Waals surface area contributed by atoms with Crippen LogP contribution in [0.4, 0.5) is 0 Å². The molecule has 4 heteroatoms. The standard InChI is InChI=1S/C16H19ClN2O/c17-15-3-1-2-12(7-15)4-5-16(20)19-10-13-6-14(11-19)9-18-8-13/h1-5,7,13-14,18H,6,8-11H2/b5-4+/t13-,14+. The minimum atomic E-state index is 0.113. The molecule has 20 heavy (non-hydrogen) atoms. The predicted octanol–water partition coefficient (Wildman–Crippen LogP) is 2.42. The lowest BCUT2D eigenvalue weighted by molar-refractivity contribution is -0.129. The van der Waals surface area contributed by atoms with Gasteiger partial charge in [0.25, 0.3) is 0 Å². The number of rotatable bonds is 2. The second-order valence-electron chi connectivity index (χ2n) is 5.76.